The Hall–Kier alpha value is -7.12. The van der Waals surface area contributed by atoms with E-state index in [1.807, 2.05) is 68.4 Å². The summed E-state index contributed by atoms with van der Waals surface area (Å²) in [6.07, 6.45) is 34.9. The molecule has 0 spiro atoms. The number of carbonyl (C=O) groups is 8. The van der Waals surface area contributed by atoms with Gasteiger partial charge >= 0.3 is 48.0 Å². The van der Waals surface area contributed by atoms with Crippen molar-refractivity contribution in [2.45, 2.75) is 196 Å². The number of fused-ring (bicyclic) bond motifs is 2. The van der Waals surface area contributed by atoms with Gasteiger partial charge in [-0.15, -0.1) is 0 Å². The fourth-order valence-electron chi connectivity index (χ4n) is 11.5. The van der Waals surface area contributed by atoms with E-state index in [2.05, 4.69) is 147 Å². The van der Waals surface area contributed by atoms with Crippen molar-refractivity contribution in [3.63, 3.8) is 0 Å². The summed E-state index contributed by atoms with van der Waals surface area (Å²) >= 11 is 20.0. The van der Waals surface area contributed by atoms with Gasteiger partial charge in [-0.1, -0.05) is 70.2 Å². The topological polar surface area (TPSA) is 357 Å². The van der Waals surface area contributed by atoms with Gasteiger partial charge in [0.25, 0.3) is 23.6 Å². The summed E-state index contributed by atoms with van der Waals surface area (Å²) in [4.78, 5) is 118. The van der Waals surface area contributed by atoms with Gasteiger partial charge in [-0.05, 0) is 303 Å². The number of aromatic nitrogens is 6. The number of carbonyl (C=O) groups excluding carboxylic acids is 8. The number of amides is 5. The Balaban J connectivity index is 0.00000137. The normalized spacial score (nSPS) is 13.4. The number of hydrogen-bond donors (Lipinski definition) is 5. The molecule has 651 valence electrons. The third kappa shape index (κ3) is 46.4. The van der Waals surface area contributed by atoms with Crippen LogP contribution < -0.4 is 50.7 Å². The molecule has 3 saturated carbocycles. The number of nitrogens with one attached hydrogen (secondary N) is 2. The fourth-order valence-corrected chi connectivity index (χ4v) is 13.9. The number of benzene rings is 2. The number of aldehydes is 1. The Kier molecular flexibility index (Phi) is 55.2. The van der Waals surface area contributed by atoms with E-state index in [0.717, 1.165) is 107 Å². The van der Waals surface area contributed by atoms with Gasteiger partial charge in [0, 0.05) is 136 Å². The summed E-state index contributed by atoms with van der Waals surface area (Å²) in [5.74, 6) is 1.58. The zero-order valence-electron chi connectivity index (χ0n) is 71.0. The number of nitrogens with zero attached hydrogens (tertiary/aromatic N) is 8. The molecule has 26 nitrogen and oxygen atoms in total. The molecule has 5 amide bonds. The molecule has 0 saturated heterocycles. The summed E-state index contributed by atoms with van der Waals surface area (Å²) in [7, 11) is 2.61. The maximum Gasteiger partial charge on any atom is 1.00 e. The van der Waals surface area contributed by atoms with E-state index in [4.69, 9.17) is 34.9 Å². The van der Waals surface area contributed by atoms with Crippen molar-refractivity contribution in [3.8, 4) is 5.75 Å². The van der Waals surface area contributed by atoms with Crippen molar-refractivity contribution in [1.29, 1.82) is 0 Å². The first-order valence-electron chi connectivity index (χ1n) is 38.1. The predicted molar refractivity (Wildman–Crippen MR) is 486 cm³/mol. The molecule has 0 atom stereocenters. The third-order valence-corrected chi connectivity index (χ3v) is 19.4. The summed E-state index contributed by atoms with van der Waals surface area (Å²) in [5.41, 5.74) is 10.3. The van der Waals surface area contributed by atoms with Crippen molar-refractivity contribution in [2.75, 3.05) is 27.3 Å². The summed E-state index contributed by atoms with van der Waals surface area (Å²) < 4.78 is 29.9. The van der Waals surface area contributed by atoms with Crippen LogP contribution in [0.2, 0.25) is 0 Å². The van der Waals surface area contributed by atoms with Gasteiger partial charge in [0.2, 0.25) is 0 Å². The minimum atomic E-state index is -1.06. The average Bonchev–Trinajstić information content (AvgIpc) is 1.63. The van der Waals surface area contributed by atoms with Gasteiger partial charge in [0.05, 0.1) is 55.3 Å². The van der Waals surface area contributed by atoms with E-state index < -0.39 is 29.1 Å². The van der Waals surface area contributed by atoms with E-state index in [1.165, 1.54) is 74.7 Å². The first-order valence-corrected chi connectivity index (χ1v) is 42.8. The van der Waals surface area contributed by atoms with E-state index in [0.29, 0.717) is 47.2 Å². The van der Waals surface area contributed by atoms with Gasteiger partial charge in [0.1, 0.15) is 28.8 Å². The SMILES string of the molecule is Brc1cncc(CNCC2CCCC2)c1.C.CC(C)(C)OC(=O)N(Cc1cncc(Br)c1)CC1CCCC1.CC(C)(C)OC(=O)OC(=O)OC(C)(C)C.CO.COc1cncc(Br)c1.NCc1cncc(Br)c1.O=C1NC(=O)c2ccccc21.O=C1c2ccccc2C(=O)N1Cc1cncc(Br)c1.O=CC1CCCC1.OCc1cncc(Br)c1.[B].[H-].[Na+]. The Bertz CT molecular complexity index is 4280. The molecule has 2 aliphatic heterocycles. The molecule has 8 aromatic rings. The van der Waals surface area contributed by atoms with Crippen LogP contribution in [0.15, 0.2) is 186 Å². The van der Waals surface area contributed by atoms with Crippen molar-refractivity contribution in [3.05, 3.63) is 236 Å². The average molecular weight is 2070 g/mol. The van der Waals surface area contributed by atoms with E-state index in [-0.39, 0.29) is 89.7 Å². The molecule has 2 aromatic carbocycles. The molecule has 0 unspecified atom stereocenters. The van der Waals surface area contributed by atoms with Crippen molar-refractivity contribution < 1.29 is 103 Å². The smallest absolute Gasteiger partial charge is 1.00 e. The number of hydrogen-bond acceptors (Lipinski definition) is 23. The molecule has 3 aliphatic carbocycles. The zero-order valence-corrected chi connectivity index (χ0v) is 81.5. The molecule has 121 heavy (non-hydrogen) atoms. The number of imide groups is 2. The number of aliphatic hydroxyl groups is 2. The molecule has 6 N–H and O–H groups in total. The maximum atomic E-state index is 12.5. The standard InChI is InChI=1S/C17H25BrN2O2.C14H9BrN2O2.C12H17BrN2.C10H18O5.C8H5NO2.C6H7BrN2.2C6H6BrNO.C6H10O.CH4O.CH4.B.Na.H/c1-17(2,3)22-16(21)20(11-13-6-4-5-7-13)12-14-8-15(18)10-19-9-14;15-10-5-9(6-16-7-10)8-17-13(18)11-3-1-2-4-12(11)14(17)19;13-12-5-11(8-15-9-12)7-14-6-10-3-1-2-4-10;1-9(2,3)14-7(11)13-8(12)15-10(4,5)6;10-7-5-3-1-2-4-6(5)8(11)9-7;7-6-1-5(2-8)3-9-4-6;1-9-6-2-5(7)3-8-4-6;7-6-1-5(4-9)2-8-3-6;7-5-6-3-1-2-4-6;1-2;;;;/h8-10,13H,4-7,11-12H2,1-3H3;1-7H,8H2;5,8-10,14H,1-4,6-7H2;1-6H3;1-4H,(H,9,10,11);1,3-4H,2,8H2;2-4H,1H3;1-3,9H,4H2;5-6H,1-4H2;2H,1H3;1H4;;;/q;;;;;;;;;;;;+1;-1. The molecular weight excluding hydrogens is 1950 g/mol. The van der Waals surface area contributed by atoms with Gasteiger partial charge < -0.3 is 56.1 Å². The number of rotatable bonds is 14. The summed E-state index contributed by atoms with van der Waals surface area (Å²) in [6, 6.07) is 25.2. The van der Waals surface area contributed by atoms with Crippen molar-refractivity contribution in [2.24, 2.45) is 23.5 Å². The number of methoxy groups -OCH3 is 1. The molecule has 8 heterocycles. The second-order valence-electron chi connectivity index (χ2n) is 30.0. The molecule has 6 aromatic heterocycles. The summed E-state index contributed by atoms with van der Waals surface area (Å²) in [5, 5.41) is 21.3. The van der Waals surface area contributed by atoms with Crippen molar-refractivity contribution in [1.82, 2.24) is 50.3 Å². The molecule has 13 rings (SSSR count). The van der Waals surface area contributed by atoms with Crippen LogP contribution in [0.5, 0.6) is 5.75 Å². The first kappa shape index (κ1) is 112. The minimum Gasteiger partial charge on any atom is -1.00 e. The van der Waals surface area contributed by atoms with E-state index >= 15 is 0 Å². The van der Waals surface area contributed by atoms with Crippen molar-refractivity contribution >= 4 is 152 Å². The monoisotopic (exact) mass is 2060 g/mol. The number of aliphatic hydroxyl groups excluding tert-OH is 2. The number of halogens is 6. The van der Waals surface area contributed by atoms with Crippen LogP contribution in [-0.4, -0.2) is 151 Å². The predicted octanol–water partition coefficient (Wildman–Crippen LogP) is 16.8. The first-order chi connectivity index (χ1) is 56.0. The van der Waals surface area contributed by atoms with Gasteiger partial charge in [0.15, 0.2) is 0 Å². The molecule has 3 fully saturated rings. The Morgan fingerprint density at radius 1 is 0.537 bits per heavy atom. The van der Waals surface area contributed by atoms with Crippen LogP contribution in [0.3, 0.4) is 0 Å². The Labute approximate surface area is 787 Å². The number of pyridine rings is 6. The number of nitrogens with two attached hydrogens (primary N) is 1. The largest absolute Gasteiger partial charge is 1.00 e. The molecule has 3 radical (unpaired) electrons. The van der Waals surface area contributed by atoms with Crippen LogP contribution >= 0.6 is 95.6 Å². The molecular formula is C87H112BBr6N11NaO15. The Morgan fingerprint density at radius 2 is 0.901 bits per heavy atom. The third-order valence-electron chi connectivity index (χ3n) is 16.8. The van der Waals surface area contributed by atoms with E-state index in [9.17, 15) is 38.4 Å². The van der Waals surface area contributed by atoms with Crippen LogP contribution in [0.4, 0.5) is 14.4 Å². The Morgan fingerprint density at radius 3 is 1.28 bits per heavy atom. The van der Waals surface area contributed by atoms with Gasteiger partial charge in [-0.25, -0.2) is 14.4 Å². The zero-order chi connectivity index (χ0) is 87.4. The van der Waals surface area contributed by atoms with Gasteiger partial charge in [-0.2, -0.15) is 0 Å². The fraction of sp³-hybridized carbons (Fsp3) is 0.425. The van der Waals surface area contributed by atoms with Gasteiger partial charge in [-0.3, -0.25) is 59.3 Å². The minimum absolute atomic E-state index is 0. The molecule has 5 aliphatic rings. The maximum absolute atomic E-state index is 12.5. The molecule has 0 bridgehead atoms. The van der Waals surface area contributed by atoms with Crippen LogP contribution in [0, 0.1) is 17.8 Å². The van der Waals surface area contributed by atoms with Crippen LogP contribution in [-0.2, 0) is 56.5 Å². The summed E-state index contributed by atoms with van der Waals surface area (Å²) in [6.45, 7) is 20.0. The molecule has 34 heteroatoms. The quantitative estimate of drug-likeness (QED) is 0.0169. The second kappa shape index (κ2) is 59.7. The van der Waals surface area contributed by atoms with Crippen LogP contribution in [0.1, 0.15) is 217 Å². The second-order valence-corrected chi connectivity index (χ2v) is 35.5. The van der Waals surface area contributed by atoms with Crippen LogP contribution in [0.25, 0.3) is 0 Å². The van der Waals surface area contributed by atoms with E-state index in [1.54, 1.807) is 159 Å². The number of ether oxygens (including phenoxy) is 5.